The first-order chi connectivity index (χ1) is 15.7. The van der Waals surface area contributed by atoms with Gasteiger partial charge < -0.3 is 23.8 Å². The number of nitrogens with one attached hydrogen (secondary N) is 1. The van der Waals surface area contributed by atoms with Gasteiger partial charge in [0, 0.05) is 11.6 Å². The van der Waals surface area contributed by atoms with Crippen LogP contribution in [-0.4, -0.2) is 25.4 Å². The van der Waals surface area contributed by atoms with Crippen LogP contribution in [0.1, 0.15) is 71.6 Å². The molecule has 4 rings (SSSR count). The first-order valence-electron chi connectivity index (χ1n) is 12.2. The van der Waals surface area contributed by atoms with Gasteiger partial charge in [-0.3, -0.25) is 0 Å². The number of furan rings is 1. The first kappa shape index (κ1) is 24.0. The molecule has 1 saturated carbocycles. The third-order valence-electron chi connectivity index (χ3n) is 7.76. The van der Waals surface area contributed by atoms with Crippen LogP contribution >= 0.6 is 0 Å². The van der Waals surface area contributed by atoms with Gasteiger partial charge >= 0.3 is 7.12 Å². The second kappa shape index (κ2) is 9.59. The lowest BCUT2D eigenvalue weighted by Crippen LogP contribution is -2.41. The summed E-state index contributed by atoms with van der Waals surface area (Å²) in [6, 6.07) is 12.0. The molecule has 1 N–H and O–H groups in total. The molecule has 178 valence electrons. The third-order valence-corrected chi connectivity index (χ3v) is 7.76. The minimum Gasteiger partial charge on any atom is -0.497 e. The smallest absolute Gasteiger partial charge is 0.490 e. The van der Waals surface area contributed by atoms with Gasteiger partial charge in [-0.1, -0.05) is 19.3 Å². The summed E-state index contributed by atoms with van der Waals surface area (Å²) in [5.74, 6) is 2.32. The van der Waals surface area contributed by atoms with E-state index in [0.717, 1.165) is 22.7 Å². The molecule has 2 aromatic rings. The Bertz CT molecular complexity index is 900. The summed E-state index contributed by atoms with van der Waals surface area (Å²) in [4.78, 5) is 0. The van der Waals surface area contributed by atoms with Crippen molar-refractivity contribution in [2.24, 2.45) is 11.8 Å². The predicted molar refractivity (Wildman–Crippen MR) is 133 cm³/mol. The summed E-state index contributed by atoms with van der Waals surface area (Å²) < 4.78 is 24.2. The fraction of sp³-hybridized carbons (Fsp3) is 0.556. The maximum Gasteiger partial charge on any atom is 0.490 e. The van der Waals surface area contributed by atoms with Crippen molar-refractivity contribution in [3.05, 3.63) is 60.5 Å². The van der Waals surface area contributed by atoms with E-state index in [0.29, 0.717) is 5.92 Å². The van der Waals surface area contributed by atoms with Gasteiger partial charge in [0.2, 0.25) is 0 Å². The van der Waals surface area contributed by atoms with Crippen LogP contribution in [0, 0.1) is 11.8 Å². The van der Waals surface area contributed by atoms with Gasteiger partial charge in [0.15, 0.2) is 0 Å². The minimum absolute atomic E-state index is 0.0805. The van der Waals surface area contributed by atoms with Crippen molar-refractivity contribution in [2.45, 2.75) is 77.0 Å². The molecule has 1 aliphatic heterocycles. The van der Waals surface area contributed by atoms with Crippen LogP contribution in [-0.2, 0) is 9.31 Å². The van der Waals surface area contributed by atoms with Crippen molar-refractivity contribution in [3.63, 3.8) is 0 Å². The highest BCUT2D eigenvalue weighted by molar-refractivity contribution is 6.54. The second-order valence-electron chi connectivity index (χ2n) is 10.5. The van der Waals surface area contributed by atoms with Gasteiger partial charge in [0.05, 0.1) is 30.6 Å². The quantitative estimate of drug-likeness (QED) is 0.446. The lowest BCUT2D eigenvalue weighted by atomic mass is 9.62. The van der Waals surface area contributed by atoms with Gasteiger partial charge in [-0.05, 0) is 88.3 Å². The molecule has 1 aromatic carbocycles. The van der Waals surface area contributed by atoms with Crippen molar-refractivity contribution in [1.29, 1.82) is 0 Å². The van der Waals surface area contributed by atoms with Crippen LogP contribution in [0.3, 0.4) is 0 Å². The molecule has 1 saturated heterocycles. The third kappa shape index (κ3) is 5.02. The highest BCUT2D eigenvalue weighted by Gasteiger charge is 2.54. The van der Waals surface area contributed by atoms with Gasteiger partial charge in [-0.15, -0.1) is 6.58 Å². The standard InChI is InChI=1S/C27H38BNO4/c1-19(28-32-26(2,3)27(4,5)33-28)24(20-11-8-7-9-12-20)25(23-13-10-18-31-23)29-21-14-16-22(30-6)17-15-21/h10,13-18,20,24-25,29H,1,7-9,11-12H2,2-6H3. The summed E-state index contributed by atoms with van der Waals surface area (Å²) in [5, 5.41) is 3.75. The van der Waals surface area contributed by atoms with E-state index in [-0.39, 0.29) is 12.0 Å². The van der Waals surface area contributed by atoms with E-state index in [4.69, 9.17) is 18.5 Å². The second-order valence-corrected chi connectivity index (χ2v) is 10.5. The minimum atomic E-state index is -0.447. The zero-order valence-electron chi connectivity index (χ0n) is 20.7. The molecule has 0 spiro atoms. The van der Waals surface area contributed by atoms with Crippen LogP contribution in [0.25, 0.3) is 0 Å². The van der Waals surface area contributed by atoms with Crippen molar-refractivity contribution < 1.29 is 18.5 Å². The molecule has 2 unspecified atom stereocenters. The van der Waals surface area contributed by atoms with Gasteiger partial charge in [0.1, 0.15) is 11.5 Å². The summed E-state index contributed by atoms with van der Waals surface area (Å²) in [6.45, 7) is 13.0. The zero-order chi connectivity index (χ0) is 23.6. The van der Waals surface area contributed by atoms with Crippen molar-refractivity contribution in [2.75, 3.05) is 12.4 Å². The molecule has 0 radical (unpaired) electrons. The first-order valence-corrected chi connectivity index (χ1v) is 12.2. The van der Waals surface area contributed by atoms with Crippen molar-refractivity contribution in [3.8, 4) is 5.75 Å². The van der Waals surface area contributed by atoms with Crippen molar-refractivity contribution >= 4 is 12.8 Å². The number of ether oxygens (including phenoxy) is 1. The van der Waals surface area contributed by atoms with Crippen LogP contribution in [0.4, 0.5) is 5.69 Å². The van der Waals surface area contributed by atoms with E-state index in [1.807, 2.05) is 30.3 Å². The van der Waals surface area contributed by atoms with E-state index in [1.54, 1.807) is 13.4 Å². The molecule has 5 nitrogen and oxygen atoms in total. The molecule has 33 heavy (non-hydrogen) atoms. The Kier molecular flexibility index (Phi) is 6.97. The number of rotatable bonds is 8. The summed E-state index contributed by atoms with van der Waals surface area (Å²) in [7, 11) is 1.24. The highest BCUT2D eigenvalue weighted by Crippen LogP contribution is 2.47. The van der Waals surface area contributed by atoms with E-state index in [1.165, 1.54) is 32.1 Å². The van der Waals surface area contributed by atoms with Gasteiger partial charge in [0.25, 0.3) is 0 Å². The van der Waals surface area contributed by atoms with Crippen molar-refractivity contribution in [1.82, 2.24) is 0 Å². The largest absolute Gasteiger partial charge is 0.497 e. The Labute approximate surface area is 199 Å². The van der Waals surface area contributed by atoms with E-state index in [2.05, 4.69) is 45.7 Å². The highest BCUT2D eigenvalue weighted by atomic mass is 16.7. The van der Waals surface area contributed by atoms with Crippen LogP contribution in [0.15, 0.2) is 59.1 Å². The molecular formula is C27H38BNO4. The van der Waals surface area contributed by atoms with Crippen LogP contribution in [0.2, 0.25) is 0 Å². The van der Waals surface area contributed by atoms with Crippen LogP contribution < -0.4 is 10.1 Å². The van der Waals surface area contributed by atoms with Gasteiger partial charge in [-0.2, -0.15) is 0 Å². The van der Waals surface area contributed by atoms with Gasteiger partial charge in [-0.25, -0.2) is 0 Å². The normalized spacial score (nSPS) is 22.0. The Hall–Kier alpha value is -2.18. The number of hydrogen-bond donors (Lipinski definition) is 1. The predicted octanol–water partition coefficient (Wildman–Crippen LogP) is 6.83. The Morgan fingerprint density at radius 1 is 1.03 bits per heavy atom. The Morgan fingerprint density at radius 2 is 1.67 bits per heavy atom. The number of hydrogen-bond acceptors (Lipinski definition) is 5. The lowest BCUT2D eigenvalue weighted by Gasteiger charge is -2.38. The van der Waals surface area contributed by atoms with Crippen LogP contribution in [0.5, 0.6) is 5.75 Å². The molecule has 0 bridgehead atoms. The molecular weight excluding hydrogens is 413 g/mol. The number of anilines is 1. The molecule has 1 aliphatic carbocycles. The summed E-state index contributed by atoms with van der Waals surface area (Å²) >= 11 is 0. The molecule has 2 heterocycles. The molecule has 0 amide bonds. The maximum absolute atomic E-state index is 6.45. The average molecular weight is 451 g/mol. The van der Waals surface area contributed by atoms with E-state index < -0.39 is 18.3 Å². The fourth-order valence-electron chi connectivity index (χ4n) is 5.11. The average Bonchev–Trinajstić information content (AvgIpc) is 3.40. The van der Waals surface area contributed by atoms with E-state index in [9.17, 15) is 0 Å². The topological polar surface area (TPSA) is 52.9 Å². The molecule has 1 aromatic heterocycles. The monoisotopic (exact) mass is 451 g/mol. The maximum atomic E-state index is 6.45. The fourth-order valence-corrected chi connectivity index (χ4v) is 5.11. The number of benzene rings is 1. The Morgan fingerprint density at radius 3 is 2.21 bits per heavy atom. The molecule has 2 fully saturated rings. The summed E-state index contributed by atoms with van der Waals surface area (Å²) in [5.41, 5.74) is 1.20. The van der Waals surface area contributed by atoms with E-state index >= 15 is 0 Å². The molecule has 6 heteroatoms. The Balaban J connectivity index is 1.68. The summed E-state index contributed by atoms with van der Waals surface area (Å²) in [6.07, 6.45) is 7.86. The molecule has 2 aliphatic rings. The SMILES string of the molecule is C=C(B1OC(C)(C)C(C)(C)O1)C(C1CCCCC1)C(Nc1ccc(OC)cc1)c1ccco1. The number of methoxy groups -OCH3 is 1. The molecule has 2 atom stereocenters. The lowest BCUT2D eigenvalue weighted by molar-refractivity contribution is 0.00578. The zero-order valence-corrected chi connectivity index (χ0v) is 20.7.